The summed E-state index contributed by atoms with van der Waals surface area (Å²) in [7, 11) is 0. The van der Waals surface area contributed by atoms with Crippen LogP contribution in [0.25, 0.3) is 0 Å². The lowest BCUT2D eigenvalue weighted by Gasteiger charge is -2.18. The van der Waals surface area contributed by atoms with Crippen LogP contribution < -0.4 is 5.32 Å². The zero-order chi connectivity index (χ0) is 19.2. The van der Waals surface area contributed by atoms with Crippen molar-refractivity contribution in [3.05, 3.63) is 101 Å². The van der Waals surface area contributed by atoms with Gasteiger partial charge in [-0.15, -0.1) is 0 Å². The van der Waals surface area contributed by atoms with Crippen LogP contribution in [0.1, 0.15) is 33.8 Å². The first kappa shape index (κ1) is 18.7. The van der Waals surface area contributed by atoms with Crippen molar-refractivity contribution in [2.45, 2.75) is 12.3 Å². The third kappa shape index (κ3) is 4.74. The number of nitrogens with one attached hydrogen (secondary N) is 1. The molecule has 0 aliphatic heterocycles. The first-order valence-corrected chi connectivity index (χ1v) is 8.85. The van der Waals surface area contributed by atoms with Gasteiger partial charge in [-0.25, -0.2) is 4.79 Å². The number of hydrogen-bond donors (Lipinski definition) is 2. The molecule has 0 aliphatic carbocycles. The van der Waals surface area contributed by atoms with Crippen LogP contribution in [0.4, 0.5) is 5.69 Å². The lowest BCUT2D eigenvalue weighted by atomic mass is 9.88. The van der Waals surface area contributed by atoms with E-state index in [4.69, 9.17) is 16.7 Å². The number of hydrogen-bond acceptors (Lipinski definition) is 2. The Morgan fingerprint density at radius 2 is 1.44 bits per heavy atom. The molecule has 3 aromatic rings. The Balaban J connectivity index is 1.81. The second kappa shape index (κ2) is 8.52. The molecule has 0 atom stereocenters. The van der Waals surface area contributed by atoms with Crippen molar-refractivity contribution in [2.24, 2.45) is 0 Å². The van der Waals surface area contributed by atoms with Crippen molar-refractivity contribution in [2.75, 3.05) is 5.32 Å². The number of rotatable bonds is 6. The fourth-order valence-corrected chi connectivity index (χ4v) is 3.16. The Bertz CT molecular complexity index is 903. The van der Waals surface area contributed by atoms with Crippen LogP contribution in [0.5, 0.6) is 0 Å². The highest BCUT2D eigenvalue weighted by molar-refractivity contribution is 6.33. The standard InChI is InChI=1S/C22H18ClNO3/c23-20-12-11-17(13-19(20)22(26)27)24-21(25)14-18(15-7-3-1-4-8-15)16-9-5-2-6-10-16/h1-13,18H,14H2,(H,24,25)(H,26,27). The van der Waals surface area contributed by atoms with Gasteiger partial charge in [0.1, 0.15) is 0 Å². The molecule has 0 heterocycles. The molecular weight excluding hydrogens is 362 g/mol. The number of anilines is 1. The van der Waals surface area contributed by atoms with Gasteiger partial charge in [0.25, 0.3) is 0 Å². The van der Waals surface area contributed by atoms with Crippen molar-refractivity contribution in [1.29, 1.82) is 0 Å². The molecule has 0 spiro atoms. The average molecular weight is 380 g/mol. The van der Waals surface area contributed by atoms with Gasteiger partial charge in [0.05, 0.1) is 10.6 Å². The van der Waals surface area contributed by atoms with E-state index in [-0.39, 0.29) is 28.8 Å². The second-order valence-corrected chi connectivity index (χ2v) is 6.53. The summed E-state index contributed by atoms with van der Waals surface area (Å²) in [6.07, 6.45) is 0.235. The molecule has 0 aliphatic rings. The predicted molar refractivity (Wildman–Crippen MR) is 106 cm³/mol. The van der Waals surface area contributed by atoms with E-state index in [0.717, 1.165) is 11.1 Å². The van der Waals surface area contributed by atoms with Gasteiger partial charge in [0.15, 0.2) is 0 Å². The van der Waals surface area contributed by atoms with Crippen LogP contribution in [0.3, 0.4) is 0 Å². The van der Waals surface area contributed by atoms with Gasteiger partial charge in [-0.3, -0.25) is 4.79 Å². The first-order chi connectivity index (χ1) is 13.0. The summed E-state index contributed by atoms with van der Waals surface area (Å²) >= 11 is 5.88. The molecule has 0 bridgehead atoms. The molecule has 3 aromatic carbocycles. The van der Waals surface area contributed by atoms with Gasteiger partial charge in [-0.05, 0) is 29.3 Å². The Hall–Kier alpha value is -3.11. The summed E-state index contributed by atoms with van der Waals surface area (Å²) in [5.41, 5.74) is 2.45. The number of halogens is 1. The summed E-state index contributed by atoms with van der Waals surface area (Å²) < 4.78 is 0. The maximum absolute atomic E-state index is 12.6. The van der Waals surface area contributed by atoms with E-state index in [1.165, 1.54) is 12.1 Å². The highest BCUT2D eigenvalue weighted by atomic mass is 35.5. The summed E-state index contributed by atoms with van der Waals surface area (Å²) in [6.45, 7) is 0. The van der Waals surface area contributed by atoms with Crippen molar-refractivity contribution >= 4 is 29.2 Å². The molecule has 0 fully saturated rings. The van der Waals surface area contributed by atoms with Gasteiger partial charge >= 0.3 is 5.97 Å². The van der Waals surface area contributed by atoms with E-state index in [2.05, 4.69) is 5.32 Å². The quantitative estimate of drug-likeness (QED) is 0.618. The molecule has 136 valence electrons. The molecule has 1 amide bonds. The molecule has 27 heavy (non-hydrogen) atoms. The Kier molecular flexibility index (Phi) is 5.89. The van der Waals surface area contributed by atoms with Gasteiger partial charge in [0.2, 0.25) is 5.91 Å². The van der Waals surface area contributed by atoms with Crippen LogP contribution in [0.15, 0.2) is 78.9 Å². The Morgan fingerprint density at radius 3 is 1.96 bits per heavy atom. The smallest absolute Gasteiger partial charge is 0.337 e. The van der Waals surface area contributed by atoms with E-state index < -0.39 is 5.97 Å². The molecule has 5 heteroatoms. The maximum atomic E-state index is 12.6. The topological polar surface area (TPSA) is 66.4 Å². The van der Waals surface area contributed by atoms with Gasteiger partial charge in [-0.1, -0.05) is 72.3 Å². The van der Waals surface area contributed by atoms with E-state index in [9.17, 15) is 9.59 Å². The highest BCUT2D eigenvalue weighted by Crippen LogP contribution is 2.28. The number of carboxylic acid groups (broad SMARTS) is 1. The molecule has 0 radical (unpaired) electrons. The number of carboxylic acids is 1. The molecule has 0 unspecified atom stereocenters. The average Bonchev–Trinajstić information content (AvgIpc) is 2.69. The van der Waals surface area contributed by atoms with Gasteiger partial charge < -0.3 is 10.4 Å². The van der Waals surface area contributed by atoms with Crippen molar-refractivity contribution < 1.29 is 14.7 Å². The van der Waals surface area contributed by atoms with Crippen LogP contribution in [-0.2, 0) is 4.79 Å². The summed E-state index contributed by atoms with van der Waals surface area (Å²) in [4.78, 5) is 23.9. The molecule has 2 N–H and O–H groups in total. The Labute approximate surface area is 162 Å². The molecule has 4 nitrogen and oxygen atoms in total. The molecule has 0 aromatic heterocycles. The van der Waals surface area contributed by atoms with Crippen LogP contribution in [0, 0.1) is 0 Å². The number of aromatic carboxylic acids is 1. The number of amides is 1. The highest BCUT2D eigenvalue weighted by Gasteiger charge is 2.19. The van der Waals surface area contributed by atoms with Crippen molar-refractivity contribution in [1.82, 2.24) is 0 Å². The zero-order valence-corrected chi connectivity index (χ0v) is 15.2. The van der Waals surface area contributed by atoms with E-state index in [1.807, 2.05) is 60.7 Å². The number of carbonyl (C=O) groups is 2. The molecule has 3 rings (SSSR count). The second-order valence-electron chi connectivity index (χ2n) is 6.13. The van der Waals surface area contributed by atoms with Crippen molar-refractivity contribution in [3.8, 4) is 0 Å². The fourth-order valence-electron chi connectivity index (χ4n) is 2.96. The fraction of sp³-hybridized carbons (Fsp3) is 0.0909. The minimum atomic E-state index is -1.14. The molecular formula is C22H18ClNO3. The summed E-state index contributed by atoms with van der Waals surface area (Å²) in [6, 6.07) is 24.1. The SMILES string of the molecule is O=C(CC(c1ccccc1)c1ccccc1)Nc1ccc(Cl)c(C(=O)O)c1. The minimum absolute atomic E-state index is 0.0443. The summed E-state index contributed by atoms with van der Waals surface area (Å²) in [5.74, 6) is -1.44. The molecule has 0 saturated carbocycles. The van der Waals surface area contributed by atoms with Crippen molar-refractivity contribution in [3.63, 3.8) is 0 Å². The first-order valence-electron chi connectivity index (χ1n) is 8.47. The largest absolute Gasteiger partial charge is 0.478 e. The van der Waals surface area contributed by atoms with Crippen LogP contribution in [0.2, 0.25) is 5.02 Å². The van der Waals surface area contributed by atoms with E-state index in [1.54, 1.807) is 6.07 Å². The van der Waals surface area contributed by atoms with Crippen LogP contribution in [-0.4, -0.2) is 17.0 Å². The number of benzene rings is 3. The van der Waals surface area contributed by atoms with E-state index in [0.29, 0.717) is 5.69 Å². The third-order valence-electron chi connectivity index (χ3n) is 4.27. The predicted octanol–water partition coefficient (Wildman–Crippen LogP) is 5.20. The minimum Gasteiger partial charge on any atom is -0.478 e. The van der Waals surface area contributed by atoms with E-state index >= 15 is 0 Å². The lowest BCUT2D eigenvalue weighted by Crippen LogP contribution is -2.17. The maximum Gasteiger partial charge on any atom is 0.337 e. The zero-order valence-electron chi connectivity index (χ0n) is 14.4. The summed E-state index contributed by atoms with van der Waals surface area (Å²) in [5, 5.41) is 12.1. The van der Waals surface area contributed by atoms with Gasteiger partial charge in [0, 0.05) is 18.0 Å². The lowest BCUT2D eigenvalue weighted by molar-refractivity contribution is -0.116. The van der Waals surface area contributed by atoms with Crippen LogP contribution >= 0.6 is 11.6 Å². The van der Waals surface area contributed by atoms with Gasteiger partial charge in [-0.2, -0.15) is 0 Å². The number of carbonyl (C=O) groups excluding carboxylic acids is 1. The normalized spacial score (nSPS) is 10.6. The monoisotopic (exact) mass is 379 g/mol. The Morgan fingerprint density at radius 1 is 0.889 bits per heavy atom. The molecule has 0 saturated heterocycles. The third-order valence-corrected chi connectivity index (χ3v) is 4.60.